The van der Waals surface area contributed by atoms with Crippen molar-refractivity contribution in [1.29, 1.82) is 0 Å². The van der Waals surface area contributed by atoms with Gasteiger partial charge in [-0.05, 0) is 13.8 Å². The van der Waals surface area contributed by atoms with E-state index in [0.717, 1.165) is 6.54 Å². The second-order valence-electron chi connectivity index (χ2n) is 3.15. The van der Waals surface area contributed by atoms with Gasteiger partial charge in [0.15, 0.2) is 0 Å². The third-order valence-corrected chi connectivity index (χ3v) is 1.69. The van der Waals surface area contributed by atoms with E-state index >= 15 is 0 Å². The maximum absolute atomic E-state index is 11.4. The van der Waals surface area contributed by atoms with Gasteiger partial charge in [0, 0.05) is 33.2 Å². The van der Waals surface area contributed by atoms with Crippen molar-refractivity contribution >= 4 is 6.03 Å². The molecule has 0 aliphatic heterocycles. The predicted molar refractivity (Wildman–Crippen MR) is 50.0 cm³/mol. The van der Waals surface area contributed by atoms with Crippen molar-refractivity contribution in [1.82, 2.24) is 9.80 Å². The van der Waals surface area contributed by atoms with Crippen LogP contribution in [-0.2, 0) is 0 Å². The molecule has 0 aliphatic rings. The summed E-state index contributed by atoms with van der Waals surface area (Å²) in [5.41, 5.74) is 5.56. The zero-order chi connectivity index (χ0) is 9.72. The molecule has 12 heavy (non-hydrogen) atoms. The number of carbonyl (C=O) groups excluding carboxylic acids is 1. The van der Waals surface area contributed by atoms with E-state index in [2.05, 4.69) is 0 Å². The summed E-state index contributed by atoms with van der Waals surface area (Å²) in [6, 6.07) is 0.0546. The first kappa shape index (κ1) is 11.2. The van der Waals surface area contributed by atoms with Crippen molar-refractivity contribution in [2.75, 3.05) is 27.2 Å². The number of nitrogens with two attached hydrogens (primary N) is 1. The lowest BCUT2D eigenvalue weighted by atomic mass is 10.3. The van der Waals surface area contributed by atoms with Gasteiger partial charge >= 0.3 is 6.03 Å². The van der Waals surface area contributed by atoms with Crippen molar-refractivity contribution in [2.45, 2.75) is 19.9 Å². The molecule has 4 heteroatoms. The monoisotopic (exact) mass is 173 g/mol. The number of hydrogen-bond acceptors (Lipinski definition) is 2. The van der Waals surface area contributed by atoms with Crippen molar-refractivity contribution in [2.24, 2.45) is 5.73 Å². The Kier molecular flexibility index (Phi) is 4.66. The Bertz CT molecular complexity index is 147. The Morgan fingerprint density at radius 1 is 1.42 bits per heavy atom. The molecule has 0 aliphatic carbocycles. The highest BCUT2D eigenvalue weighted by Gasteiger charge is 2.12. The smallest absolute Gasteiger partial charge is 0.319 e. The molecule has 0 heterocycles. The van der Waals surface area contributed by atoms with Gasteiger partial charge in [0.2, 0.25) is 0 Å². The van der Waals surface area contributed by atoms with Crippen LogP contribution in [0.2, 0.25) is 0 Å². The third-order valence-electron chi connectivity index (χ3n) is 1.69. The van der Waals surface area contributed by atoms with Crippen LogP contribution in [0.15, 0.2) is 0 Å². The van der Waals surface area contributed by atoms with Crippen LogP contribution in [0, 0.1) is 0 Å². The lowest BCUT2D eigenvalue weighted by Gasteiger charge is -2.24. The number of likely N-dealkylation sites (N-methyl/N-ethyl adjacent to an activating group) is 1. The zero-order valence-electron chi connectivity index (χ0n) is 8.37. The Morgan fingerprint density at radius 3 is 2.25 bits per heavy atom. The van der Waals surface area contributed by atoms with Crippen LogP contribution in [0.5, 0.6) is 0 Å². The van der Waals surface area contributed by atoms with E-state index in [4.69, 9.17) is 5.73 Å². The predicted octanol–water partition coefficient (Wildman–Crippen LogP) is 0.337. The molecule has 2 amide bonds. The second-order valence-corrected chi connectivity index (χ2v) is 3.15. The van der Waals surface area contributed by atoms with Gasteiger partial charge in [0.1, 0.15) is 0 Å². The van der Waals surface area contributed by atoms with Crippen LogP contribution in [0.3, 0.4) is 0 Å². The van der Waals surface area contributed by atoms with Crippen LogP contribution in [0.4, 0.5) is 4.79 Å². The van der Waals surface area contributed by atoms with E-state index in [0.29, 0.717) is 6.54 Å². The number of hydrogen-bond donors (Lipinski definition) is 1. The van der Waals surface area contributed by atoms with Gasteiger partial charge in [-0.15, -0.1) is 0 Å². The Morgan fingerprint density at radius 2 is 1.92 bits per heavy atom. The first-order valence-corrected chi connectivity index (χ1v) is 4.20. The first-order chi connectivity index (χ1) is 5.49. The van der Waals surface area contributed by atoms with Gasteiger partial charge in [-0.1, -0.05) is 0 Å². The van der Waals surface area contributed by atoms with Crippen LogP contribution in [-0.4, -0.2) is 49.1 Å². The molecule has 4 nitrogen and oxygen atoms in total. The second kappa shape index (κ2) is 4.98. The lowest BCUT2D eigenvalue weighted by molar-refractivity contribution is 0.173. The van der Waals surface area contributed by atoms with E-state index < -0.39 is 0 Å². The zero-order valence-corrected chi connectivity index (χ0v) is 8.37. The molecule has 0 aromatic rings. The maximum atomic E-state index is 11.4. The van der Waals surface area contributed by atoms with Gasteiger partial charge in [-0.25, -0.2) is 4.79 Å². The van der Waals surface area contributed by atoms with Crippen LogP contribution in [0.1, 0.15) is 13.8 Å². The standard InChI is InChI=1S/C8H19N3O/c1-5-10(3)8(12)11(4)6-7(2)9/h7H,5-6,9H2,1-4H3. The number of urea groups is 1. The van der Waals surface area contributed by atoms with E-state index in [9.17, 15) is 4.79 Å². The number of carbonyl (C=O) groups is 1. The molecule has 0 bridgehead atoms. The number of nitrogens with zero attached hydrogens (tertiary/aromatic N) is 2. The fraction of sp³-hybridized carbons (Fsp3) is 0.875. The van der Waals surface area contributed by atoms with E-state index in [1.807, 2.05) is 13.8 Å². The molecule has 1 atom stereocenters. The normalized spacial score (nSPS) is 12.4. The summed E-state index contributed by atoms with van der Waals surface area (Å²) in [5.74, 6) is 0. The first-order valence-electron chi connectivity index (χ1n) is 4.20. The summed E-state index contributed by atoms with van der Waals surface area (Å²) < 4.78 is 0. The minimum atomic E-state index is 0.0230. The SMILES string of the molecule is CCN(C)C(=O)N(C)CC(C)N. The van der Waals surface area contributed by atoms with Gasteiger partial charge in [0.25, 0.3) is 0 Å². The molecule has 0 radical (unpaired) electrons. The summed E-state index contributed by atoms with van der Waals surface area (Å²) in [4.78, 5) is 14.7. The Hall–Kier alpha value is -0.770. The molecule has 0 aromatic carbocycles. The highest BCUT2D eigenvalue weighted by molar-refractivity contribution is 5.73. The molecule has 0 saturated heterocycles. The number of rotatable bonds is 3. The van der Waals surface area contributed by atoms with Gasteiger partial charge in [-0.2, -0.15) is 0 Å². The average molecular weight is 173 g/mol. The maximum Gasteiger partial charge on any atom is 0.319 e. The molecular weight excluding hydrogens is 154 g/mol. The van der Waals surface area contributed by atoms with Crippen molar-refractivity contribution in [3.63, 3.8) is 0 Å². The van der Waals surface area contributed by atoms with Crippen LogP contribution < -0.4 is 5.73 Å². The topological polar surface area (TPSA) is 49.6 Å². The molecule has 0 spiro atoms. The fourth-order valence-corrected chi connectivity index (χ4v) is 0.937. The third kappa shape index (κ3) is 3.57. The van der Waals surface area contributed by atoms with Crippen LogP contribution in [0.25, 0.3) is 0 Å². The quantitative estimate of drug-likeness (QED) is 0.669. The number of amides is 2. The Labute approximate surface area is 74.3 Å². The fourth-order valence-electron chi connectivity index (χ4n) is 0.937. The van der Waals surface area contributed by atoms with E-state index in [1.54, 1.807) is 23.9 Å². The summed E-state index contributed by atoms with van der Waals surface area (Å²) in [5, 5.41) is 0. The summed E-state index contributed by atoms with van der Waals surface area (Å²) in [6.07, 6.45) is 0. The molecule has 0 aromatic heterocycles. The van der Waals surface area contributed by atoms with Crippen molar-refractivity contribution in [3.05, 3.63) is 0 Å². The molecule has 2 N–H and O–H groups in total. The summed E-state index contributed by atoms with van der Waals surface area (Å²) in [7, 11) is 3.54. The minimum Gasteiger partial charge on any atom is -0.328 e. The van der Waals surface area contributed by atoms with Gasteiger partial charge in [0.05, 0.1) is 0 Å². The molecule has 0 saturated carbocycles. The average Bonchev–Trinajstić information content (AvgIpc) is 2.00. The lowest BCUT2D eigenvalue weighted by Crippen LogP contribution is -2.43. The van der Waals surface area contributed by atoms with E-state index in [-0.39, 0.29) is 12.1 Å². The Balaban J connectivity index is 3.92. The molecule has 0 rings (SSSR count). The van der Waals surface area contributed by atoms with E-state index in [1.165, 1.54) is 0 Å². The van der Waals surface area contributed by atoms with Crippen molar-refractivity contribution < 1.29 is 4.79 Å². The highest BCUT2D eigenvalue weighted by Crippen LogP contribution is 1.93. The summed E-state index contributed by atoms with van der Waals surface area (Å²) in [6.45, 7) is 5.15. The molecular formula is C8H19N3O. The minimum absolute atomic E-state index is 0.0230. The molecule has 1 unspecified atom stereocenters. The molecule has 72 valence electrons. The summed E-state index contributed by atoms with van der Waals surface area (Å²) >= 11 is 0. The van der Waals surface area contributed by atoms with Crippen molar-refractivity contribution in [3.8, 4) is 0 Å². The van der Waals surface area contributed by atoms with Crippen LogP contribution >= 0.6 is 0 Å². The largest absolute Gasteiger partial charge is 0.328 e. The molecule has 0 fully saturated rings. The van der Waals surface area contributed by atoms with Gasteiger partial charge < -0.3 is 15.5 Å². The van der Waals surface area contributed by atoms with Gasteiger partial charge in [-0.3, -0.25) is 0 Å². The highest BCUT2D eigenvalue weighted by atomic mass is 16.2.